The van der Waals surface area contributed by atoms with Gasteiger partial charge in [-0.25, -0.2) is 0 Å². The van der Waals surface area contributed by atoms with Crippen LogP contribution in [0.1, 0.15) is 0 Å². The number of hydrogen-bond donors (Lipinski definition) is 2. The molecule has 1 fully saturated rings. The number of fused-ring (bicyclic) bond motifs is 3. The fourth-order valence-electron chi connectivity index (χ4n) is 2.05. The highest BCUT2D eigenvalue weighted by molar-refractivity contribution is 5.62. The van der Waals surface area contributed by atoms with E-state index in [9.17, 15) is 0 Å². The van der Waals surface area contributed by atoms with Gasteiger partial charge in [-0.15, -0.1) is 0 Å². The smallest absolute Gasteiger partial charge is 0.0651 e. The molecule has 2 nitrogen and oxygen atoms in total. The topological polar surface area (TPSA) is 24.1 Å². The van der Waals surface area contributed by atoms with Crippen LogP contribution in [0, 0.1) is 5.92 Å². The van der Waals surface area contributed by atoms with Gasteiger partial charge in [0, 0.05) is 18.2 Å². The van der Waals surface area contributed by atoms with Crippen molar-refractivity contribution >= 4 is 0 Å². The summed E-state index contributed by atoms with van der Waals surface area (Å²) in [5.41, 5.74) is 4.40. The molecule has 0 aromatic rings. The van der Waals surface area contributed by atoms with Crippen LogP contribution in [0.2, 0.25) is 0 Å². The molecule has 0 bridgehead atoms. The van der Waals surface area contributed by atoms with E-state index in [1.54, 1.807) is 0 Å². The summed E-state index contributed by atoms with van der Waals surface area (Å²) in [6.45, 7) is 2.04. The predicted octanol–water partition coefficient (Wildman–Crippen LogP) is 0.517. The van der Waals surface area contributed by atoms with Crippen LogP contribution in [-0.2, 0) is 0 Å². The van der Waals surface area contributed by atoms with Gasteiger partial charge in [-0.2, -0.15) is 0 Å². The van der Waals surface area contributed by atoms with Crippen molar-refractivity contribution in [3.05, 3.63) is 35.1 Å². The lowest BCUT2D eigenvalue weighted by Gasteiger charge is -2.38. The van der Waals surface area contributed by atoms with Gasteiger partial charge in [-0.1, -0.05) is 18.2 Å². The molecule has 0 spiro atoms. The molecule has 1 atom stereocenters. The molecule has 56 valence electrons. The van der Waals surface area contributed by atoms with E-state index < -0.39 is 0 Å². The van der Waals surface area contributed by atoms with E-state index in [1.807, 2.05) is 0 Å². The van der Waals surface area contributed by atoms with Crippen molar-refractivity contribution in [3.8, 4) is 0 Å². The first-order valence-electron chi connectivity index (χ1n) is 4.04. The normalized spacial score (nSPS) is 32.0. The second-order valence-corrected chi connectivity index (χ2v) is 3.17. The van der Waals surface area contributed by atoms with Crippen molar-refractivity contribution in [2.45, 2.75) is 0 Å². The van der Waals surface area contributed by atoms with Gasteiger partial charge in [0.1, 0.15) is 0 Å². The van der Waals surface area contributed by atoms with E-state index in [2.05, 4.69) is 28.9 Å². The molecule has 0 aromatic carbocycles. The summed E-state index contributed by atoms with van der Waals surface area (Å²) in [6, 6.07) is 0. The van der Waals surface area contributed by atoms with Crippen LogP contribution < -0.4 is 10.6 Å². The van der Waals surface area contributed by atoms with Crippen molar-refractivity contribution in [2.75, 3.05) is 13.2 Å². The summed E-state index contributed by atoms with van der Waals surface area (Å²) in [7, 11) is 0. The number of rotatable bonds is 0. The van der Waals surface area contributed by atoms with Crippen molar-refractivity contribution in [1.82, 2.24) is 10.6 Å². The van der Waals surface area contributed by atoms with Crippen molar-refractivity contribution in [2.24, 2.45) is 5.92 Å². The lowest BCUT2D eigenvalue weighted by Crippen LogP contribution is -2.47. The monoisotopic (exact) mass is 146 g/mol. The minimum Gasteiger partial charge on any atom is -0.375 e. The summed E-state index contributed by atoms with van der Waals surface area (Å²) < 4.78 is 0. The molecule has 0 radical (unpaired) electrons. The molecule has 11 heavy (non-hydrogen) atoms. The quantitative estimate of drug-likeness (QED) is 0.520. The third-order valence-corrected chi connectivity index (χ3v) is 2.62. The first kappa shape index (κ1) is 5.61. The molecular formula is C9H10N2. The number of allylic oxidation sites excluding steroid dienone is 4. The van der Waals surface area contributed by atoms with Crippen LogP contribution in [0.4, 0.5) is 0 Å². The molecule has 1 saturated heterocycles. The van der Waals surface area contributed by atoms with Crippen LogP contribution in [0.15, 0.2) is 35.1 Å². The minimum absolute atomic E-state index is 0.661. The third-order valence-electron chi connectivity index (χ3n) is 2.62. The minimum atomic E-state index is 0.661. The Balaban J connectivity index is 2.07. The Morgan fingerprint density at radius 1 is 1.45 bits per heavy atom. The number of nitrogens with one attached hydrogen (secondary N) is 2. The van der Waals surface area contributed by atoms with E-state index in [1.165, 1.54) is 16.8 Å². The third kappa shape index (κ3) is 0.559. The van der Waals surface area contributed by atoms with E-state index in [0.29, 0.717) is 5.92 Å². The van der Waals surface area contributed by atoms with Gasteiger partial charge in [0.25, 0.3) is 0 Å². The SMILES string of the molecule is C1=CC2=C3NCNCC3C2=C1. The van der Waals surface area contributed by atoms with Gasteiger partial charge in [0.2, 0.25) is 0 Å². The van der Waals surface area contributed by atoms with Crippen LogP contribution in [-0.4, -0.2) is 13.2 Å². The molecule has 3 aliphatic rings. The zero-order chi connectivity index (χ0) is 7.26. The van der Waals surface area contributed by atoms with Gasteiger partial charge < -0.3 is 5.32 Å². The molecule has 1 heterocycles. The lowest BCUT2D eigenvalue weighted by molar-refractivity contribution is 0.450. The molecule has 2 heteroatoms. The molecule has 1 unspecified atom stereocenters. The average Bonchev–Trinajstić information content (AvgIpc) is 2.44. The molecule has 2 N–H and O–H groups in total. The maximum Gasteiger partial charge on any atom is 0.0651 e. The van der Waals surface area contributed by atoms with Gasteiger partial charge >= 0.3 is 0 Å². The Morgan fingerprint density at radius 2 is 2.45 bits per heavy atom. The predicted molar refractivity (Wildman–Crippen MR) is 43.7 cm³/mol. The Kier molecular flexibility index (Phi) is 0.902. The first-order valence-corrected chi connectivity index (χ1v) is 4.04. The highest BCUT2D eigenvalue weighted by atomic mass is 15.1. The van der Waals surface area contributed by atoms with Gasteiger partial charge in [-0.05, 0) is 11.1 Å². The van der Waals surface area contributed by atoms with Crippen LogP contribution in [0.25, 0.3) is 0 Å². The highest BCUT2D eigenvalue weighted by Gasteiger charge is 2.36. The summed E-state index contributed by atoms with van der Waals surface area (Å²) in [5, 5.41) is 6.68. The molecule has 0 amide bonds. The Morgan fingerprint density at radius 3 is 3.45 bits per heavy atom. The lowest BCUT2D eigenvalue weighted by atomic mass is 9.77. The zero-order valence-corrected chi connectivity index (χ0v) is 6.22. The van der Waals surface area contributed by atoms with Crippen LogP contribution in [0.3, 0.4) is 0 Å². The van der Waals surface area contributed by atoms with Gasteiger partial charge in [0.05, 0.1) is 6.67 Å². The van der Waals surface area contributed by atoms with Crippen molar-refractivity contribution in [1.29, 1.82) is 0 Å². The van der Waals surface area contributed by atoms with Crippen LogP contribution >= 0.6 is 0 Å². The van der Waals surface area contributed by atoms with Gasteiger partial charge in [-0.3, -0.25) is 5.32 Å². The van der Waals surface area contributed by atoms with Crippen LogP contribution in [0.5, 0.6) is 0 Å². The first-order chi connectivity index (χ1) is 5.47. The molecule has 3 rings (SSSR count). The second kappa shape index (κ2) is 1.77. The molecular weight excluding hydrogens is 136 g/mol. The average molecular weight is 146 g/mol. The Hall–Kier alpha value is -1.02. The molecule has 0 saturated carbocycles. The number of hydrogen-bond acceptors (Lipinski definition) is 2. The Bertz CT molecular complexity index is 297. The fourth-order valence-corrected chi connectivity index (χ4v) is 2.05. The molecule has 1 aliphatic heterocycles. The maximum absolute atomic E-state index is 3.37. The maximum atomic E-state index is 3.37. The summed E-state index contributed by atoms with van der Waals surface area (Å²) in [6.07, 6.45) is 6.55. The second-order valence-electron chi connectivity index (χ2n) is 3.17. The van der Waals surface area contributed by atoms with E-state index in [4.69, 9.17) is 0 Å². The Labute approximate surface area is 65.7 Å². The summed E-state index contributed by atoms with van der Waals surface area (Å²) in [4.78, 5) is 0. The van der Waals surface area contributed by atoms with E-state index >= 15 is 0 Å². The van der Waals surface area contributed by atoms with E-state index in [0.717, 1.165) is 13.2 Å². The molecule has 0 aromatic heterocycles. The van der Waals surface area contributed by atoms with E-state index in [-0.39, 0.29) is 0 Å². The van der Waals surface area contributed by atoms with Crippen molar-refractivity contribution < 1.29 is 0 Å². The van der Waals surface area contributed by atoms with Gasteiger partial charge in [0.15, 0.2) is 0 Å². The summed E-state index contributed by atoms with van der Waals surface area (Å²) in [5.74, 6) is 0.661. The zero-order valence-electron chi connectivity index (χ0n) is 6.22. The largest absolute Gasteiger partial charge is 0.375 e. The fraction of sp³-hybridized carbons (Fsp3) is 0.333. The standard InChI is InChI=1S/C9H10N2/c1-2-6-7(3-1)9-8(6)4-10-5-11-9/h1-3,8,10-11H,4-5H2. The summed E-state index contributed by atoms with van der Waals surface area (Å²) >= 11 is 0. The molecule has 2 aliphatic carbocycles. The highest BCUT2D eigenvalue weighted by Crippen LogP contribution is 2.42. The van der Waals surface area contributed by atoms with Crippen molar-refractivity contribution in [3.63, 3.8) is 0 Å².